The molecule has 0 unspecified atom stereocenters. The number of nitrogen functional groups attached to an aromatic ring is 1. The number of nitrogens with two attached hydrogens (primary N) is 1. The molecule has 2 aromatic carbocycles. The minimum absolute atomic E-state index is 0.370. The number of fused-ring (bicyclic) bond motifs is 1. The van der Waals surface area contributed by atoms with Crippen LogP contribution in [0, 0.1) is 5.82 Å². The van der Waals surface area contributed by atoms with E-state index in [0.717, 1.165) is 10.3 Å². The van der Waals surface area contributed by atoms with E-state index < -0.39 is 5.82 Å². The second-order valence-electron chi connectivity index (χ2n) is 4.35. The van der Waals surface area contributed by atoms with E-state index in [-0.39, 0.29) is 0 Å². The molecule has 0 spiro atoms. The molecule has 0 atom stereocenters. The van der Waals surface area contributed by atoms with Gasteiger partial charge in [-0.05, 0) is 36.4 Å². The van der Waals surface area contributed by atoms with Crippen molar-refractivity contribution in [2.45, 2.75) is 9.79 Å². The van der Waals surface area contributed by atoms with Crippen LogP contribution < -0.4 is 5.73 Å². The number of benzene rings is 2. The third-order valence-corrected chi connectivity index (χ3v) is 4.77. The van der Waals surface area contributed by atoms with Gasteiger partial charge in [-0.25, -0.2) is 4.39 Å². The number of nitrogens with zero attached hydrogens (tertiary/aromatic N) is 1. The summed E-state index contributed by atoms with van der Waals surface area (Å²) in [4.78, 5) is 5.43. The van der Waals surface area contributed by atoms with Gasteiger partial charge in [0, 0.05) is 22.2 Å². The van der Waals surface area contributed by atoms with E-state index >= 15 is 0 Å². The molecular weight excluding hydrogens is 330 g/mol. The van der Waals surface area contributed by atoms with E-state index in [1.165, 1.54) is 17.8 Å². The standard InChI is InChI=1S/C15H9Cl2FN2S/c16-10-4-3-8(6-11(10)17)21-15-12(18)7-13(19)9-2-1-5-20-14(9)15/h1-7H,19H2. The molecule has 0 aliphatic carbocycles. The second kappa shape index (κ2) is 5.72. The fraction of sp³-hybridized carbons (Fsp3) is 0. The van der Waals surface area contributed by atoms with Crippen LogP contribution in [0.15, 0.2) is 52.4 Å². The molecule has 21 heavy (non-hydrogen) atoms. The summed E-state index contributed by atoms with van der Waals surface area (Å²) in [5, 5.41) is 1.61. The number of hydrogen-bond donors (Lipinski definition) is 1. The predicted molar refractivity (Wildman–Crippen MR) is 86.7 cm³/mol. The van der Waals surface area contributed by atoms with Crippen LogP contribution in [0.3, 0.4) is 0 Å². The summed E-state index contributed by atoms with van der Waals surface area (Å²) < 4.78 is 14.2. The number of halogens is 3. The highest BCUT2D eigenvalue weighted by Crippen LogP contribution is 2.38. The number of rotatable bonds is 2. The Morgan fingerprint density at radius 1 is 1.10 bits per heavy atom. The average Bonchev–Trinajstić information content (AvgIpc) is 2.47. The first-order valence-electron chi connectivity index (χ1n) is 6.02. The highest BCUT2D eigenvalue weighted by atomic mass is 35.5. The summed E-state index contributed by atoms with van der Waals surface area (Å²) in [6, 6.07) is 10.0. The number of aromatic nitrogens is 1. The number of anilines is 1. The molecule has 106 valence electrons. The fourth-order valence-electron chi connectivity index (χ4n) is 1.97. The predicted octanol–water partition coefficient (Wildman–Crippen LogP) is 5.41. The van der Waals surface area contributed by atoms with Gasteiger partial charge in [0.2, 0.25) is 0 Å². The van der Waals surface area contributed by atoms with Gasteiger partial charge in [-0.3, -0.25) is 4.98 Å². The largest absolute Gasteiger partial charge is 0.398 e. The Morgan fingerprint density at radius 3 is 2.67 bits per heavy atom. The Bertz CT molecular complexity index is 839. The molecular formula is C15H9Cl2FN2S. The maximum absolute atomic E-state index is 14.2. The maximum atomic E-state index is 14.2. The lowest BCUT2D eigenvalue weighted by atomic mass is 10.2. The zero-order valence-corrected chi connectivity index (χ0v) is 12.9. The molecule has 0 saturated heterocycles. The Hall–Kier alpha value is -1.49. The zero-order chi connectivity index (χ0) is 15.0. The smallest absolute Gasteiger partial charge is 0.141 e. The second-order valence-corrected chi connectivity index (χ2v) is 6.25. The molecule has 0 saturated carbocycles. The minimum atomic E-state index is -0.408. The lowest BCUT2D eigenvalue weighted by Crippen LogP contribution is -1.94. The van der Waals surface area contributed by atoms with Crippen LogP contribution in [0.2, 0.25) is 10.0 Å². The molecule has 3 aromatic rings. The van der Waals surface area contributed by atoms with Crippen LogP contribution >= 0.6 is 35.0 Å². The first-order chi connectivity index (χ1) is 10.1. The van der Waals surface area contributed by atoms with Crippen LogP contribution in [0.1, 0.15) is 0 Å². The van der Waals surface area contributed by atoms with Gasteiger partial charge in [-0.2, -0.15) is 0 Å². The molecule has 2 nitrogen and oxygen atoms in total. The van der Waals surface area contributed by atoms with E-state index in [9.17, 15) is 4.39 Å². The molecule has 0 amide bonds. The van der Waals surface area contributed by atoms with Crippen LogP contribution in [-0.4, -0.2) is 4.98 Å². The van der Waals surface area contributed by atoms with Gasteiger partial charge in [0.15, 0.2) is 0 Å². The first kappa shape index (κ1) is 14.4. The summed E-state index contributed by atoms with van der Waals surface area (Å²) in [7, 11) is 0. The Kier molecular flexibility index (Phi) is 3.93. The van der Waals surface area contributed by atoms with E-state index in [1.807, 2.05) is 6.07 Å². The maximum Gasteiger partial charge on any atom is 0.141 e. The van der Waals surface area contributed by atoms with Crippen molar-refractivity contribution in [3.63, 3.8) is 0 Å². The minimum Gasteiger partial charge on any atom is -0.398 e. The molecule has 0 fully saturated rings. The summed E-state index contributed by atoms with van der Waals surface area (Å²) in [6.45, 7) is 0. The van der Waals surface area contributed by atoms with E-state index in [2.05, 4.69) is 4.98 Å². The van der Waals surface area contributed by atoms with Crippen molar-refractivity contribution in [1.29, 1.82) is 0 Å². The molecule has 1 aromatic heterocycles. The van der Waals surface area contributed by atoms with E-state index in [0.29, 0.717) is 26.1 Å². The highest BCUT2D eigenvalue weighted by molar-refractivity contribution is 7.99. The monoisotopic (exact) mass is 338 g/mol. The van der Waals surface area contributed by atoms with Gasteiger partial charge >= 0.3 is 0 Å². The molecule has 6 heteroatoms. The van der Waals surface area contributed by atoms with Crippen LogP contribution in [-0.2, 0) is 0 Å². The van der Waals surface area contributed by atoms with Crippen LogP contribution in [0.25, 0.3) is 10.9 Å². The van der Waals surface area contributed by atoms with Crippen molar-refractivity contribution in [2.75, 3.05) is 5.73 Å². The van der Waals surface area contributed by atoms with Gasteiger partial charge in [0.1, 0.15) is 5.82 Å². The van der Waals surface area contributed by atoms with E-state index in [4.69, 9.17) is 28.9 Å². The van der Waals surface area contributed by atoms with Gasteiger partial charge in [0.25, 0.3) is 0 Å². The lowest BCUT2D eigenvalue weighted by molar-refractivity contribution is 0.605. The van der Waals surface area contributed by atoms with Crippen molar-refractivity contribution in [3.05, 3.63) is 58.5 Å². The summed E-state index contributed by atoms with van der Waals surface area (Å²) in [5.41, 5.74) is 6.74. The molecule has 0 radical (unpaired) electrons. The summed E-state index contributed by atoms with van der Waals surface area (Å²) in [6.07, 6.45) is 1.61. The average molecular weight is 339 g/mol. The Labute approximate surface area is 135 Å². The van der Waals surface area contributed by atoms with E-state index in [1.54, 1.807) is 30.5 Å². The highest BCUT2D eigenvalue weighted by Gasteiger charge is 2.14. The van der Waals surface area contributed by atoms with Gasteiger partial charge < -0.3 is 5.73 Å². The van der Waals surface area contributed by atoms with Crippen LogP contribution in [0.5, 0.6) is 0 Å². The van der Waals surface area contributed by atoms with Crippen molar-refractivity contribution >= 4 is 51.6 Å². The SMILES string of the molecule is Nc1cc(F)c(Sc2ccc(Cl)c(Cl)c2)c2ncccc12. The zero-order valence-electron chi connectivity index (χ0n) is 10.6. The topological polar surface area (TPSA) is 38.9 Å². The van der Waals surface area contributed by atoms with Gasteiger partial charge in [0.05, 0.1) is 20.5 Å². The van der Waals surface area contributed by atoms with Crippen LogP contribution in [0.4, 0.5) is 10.1 Å². The quantitative estimate of drug-likeness (QED) is 0.634. The molecule has 1 heterocycles. The molecule has 0 bridgehead atoms. The lowest BCUT2D eigenvalue weighted by Gasteiger charge is -2.09. The molecule has 0 aliphatic heterocycles. The fourth-order valence-corrected chi connectivity index (χ4v) is 3.29. The third kappa shape index (κ3) is 2.79. The van der Waals surface area contributed by atoms with Gasteiger partial charge in [-0.1, -0.05) is 35.0 Å². The molecule has 2 N–H and O–H groups in total. The number of pyridine rings is 1. The molecule has 3 rings (SSSR count). The normalized spacial score (nSPS) is 11.0. The first-order valence-corrected chi connectivity index (χ1v) is 7.59. The Morgan fingerprint density at radius 2 is 1.90 bits per heavy atom. The summed E-state index contributed by atoms with van der Waals surface area (Å²) in [5.74, 6) is -0.408. The Balaban J connectivity index is 2.14. The van der Waals surface area contributed by atoms with Crippen molar-refractivity contribution < 1.29 is 4.39 Å². The summed E-state index contributed by atoms with van der Waals surface area (Å²) >= 11 is 13.1. The van der Waals surface area contributed by atoms with Gasteiger partial charge in [-0.15, -0.1) is 0 Å². The molecule has 0 aliphatic rings. The number of hydrogen-bond acceptors (Lipinski definition) is 3. The van der Waals surface area contributed by atoms with Crippen molar-refractivity contribution in [3.8, 4) is 0 Å². The third-order valence-electron chi connectivity index (χ3n) is 2.94. The van der Waals surface area contributed by atoms with Crippen molar-refractivity contribution in [1.82, 2.24) is 4.98 Å². The van der Waals surface area contributed by atoms with Crippen molar-refractivity contribution in [2.24, 2.45) is 0 Å².